The van der Waals surface area contributed by atoms with Crippen LogP contribution in [0.4, 0.5) is 13.2 Å². The summed E-state index contributed by atoms with van der Waals surface area (Å²) in [5, 5.41) is 3.18. The van der Waals surface area contributed by atoms with Gasteiger partial charge in [0, 0.05) is 25.5 Å². The monoisotopic (exact) mass is 261 g/mol. The minimum atomic E-state index is -4.05. The van der Waals surface area contributed by atoms with Crippen molar-refractivity contribution in [2.24, 2.45) is 13.0 Å². The number of aryl methyl sites for hydroxylation is 1. The zero-order chi connectivity index (χ0) is 13.2. The van der Waals surface area contributed by atoms with Crippen molar-refractivity contribution in [3.63, 3.8) is 0 Å². The fourth-order valence-corrected chi connectivity index (χ4v) is 2.47. The lowest BCUT2D eigenvalue weighted by atomic mass is 9.85. The smallest absolute Gasteiger partial charge is 0.337 e. The molecule has 1 aromatic rings. The van der Waals surface area contributed by atoms with Gasteiger partial charge in [-0.05, 0) is 19.3 Å². The van der Waals surface area contributed by atoms with Crippen molar-refractivity contribution >= 4 is 0 Å². The van der Waals surface area contributed by atoms with Crippen LogP contribution < -0.4 is 5.32 Å². The molecule has 0 saturated heterocycles. The average Bonchev–Trinajstić information content (AvgIpc) is 2.72. The Kier molecular flexibility index (Phi) is 3.94. The summed E-state index contributed by atoms with van der Waals surface area (Å²) in [7, 11) is 1.88. The van der Waals surface area contributed by atoms with Gasteiger partial charge in [0.1, 0.15) is 5.82 Å². The fourth-order valence-electron chi connectivity index (χ4n) is 2.47. The number of rotatable bonds is 3. The third kappa shape index (κ3) is 3.25. The standard InChI is InChI=1S/C12H18F3N3/c1-18-6-5-16-11(18)8-17-10-4-2-3-9(7-10)12(13,14)15/h5-6,9-10,17H,2-4,7-8H2,1H3. The Morgan fingerprint density at radius 1 is 1.44 bits per heavy atom. The highest BCUT2D eigenvalue weighted by Crippen LogP contribution is 2.37. The highest BCUT2D eigenvalue weighted by molar-refractivity contribution is 4.92. The van der Waals surface area contributed by atoms with Gasteiger partial charge in [-0.25, -0.2) is 4.98 Å². The molecule has 0 aromatic carbocycles. The third-order valence-corrected chi connectivity index (χ3v) is 3.61. The summed E-state index contributed by atoms with van der Waals surface area (Å²) in [6.07, 6.45) is 1.38. The Bertz CT molecular complexity index is 386. The van der Waals surface area contributed by atoms with Crippen molar-refractivity contribution in [3.8, 4) is 0 Å². The summed E-state index contributed by atoms with van der Waals surface area (Å²) >= 11 is 0. The van der Waals surface area contributed by atoms with Gasteiger partial charge in [-0.1, -0.05) is 6.42 Å². The van der Waals surface area contributed by atoms with E-state index in [0.717, 1.165) is 12.2 Å². The number of imidazole rings is 1. The molecule has 1 N–H and O–H groups in total. The molecule has 102 valence electrons. The zero-order valence-electron chi connectivity index (χ0n) is 10.4. The average molecular weight is 261 g/mol. The second kappa shape index (κ2) is 5.30. The van der Waals surface area contributed by atoms with Crippen LogP contribution in [0.5, 0.6) is 0 Å². The molecule has 1 aliphatic rings. The lowest BCUT2D eigenvalue weighted by molar-refractivity contribution is -0.183. The molecule has 2 unspecified atom stereocenters. The van der Waals surface area contributed by atoms with Crippen molar-refractivity contribution in [1.29, 1.82) is 0 Å². The lowest BCUT2D eigenvalue weighted by Crippen LogP contribution is -2.38. The Balaban J connectivity index is 1.85. The number of nitrogens with zero attached hydrogens (tertiary/aromatic N) is 2. The van der Waals surface area contributed by atoms with Gasteiger partial charge >= 0.3 is 6.18 Å². The minimum Gasteiger partial charge on any atom is -0.337 e. The van der Waals surface area contributed by atoms with Crippen molar-refractivity contribution in [3.05, 3.63) is 18.2 Å². The maximum atomic E-state index is 12.6. The molecule has 1 aliphatic carbocycles. The van der Waals surface area contributed by atoms with E-state index in [0.29, 0.717) is 13.0 Å². The molecular formula is C12H18F3N3. The van der Waals surface area contributed by atoms with Gasteiger partial charge in [0.2, 0.25) is 0 Å². The predicted octanol–water partition coefficient (Wildman–Crippen LogP) is 2.63. The number of alkyl halides is 3. The third-order valence-electron chi connectivity index (χ3n) is 3.61. The van der Waals surface area contributed by atoms with Crippen molar-refractivity contribution in [1.82, 2.24) is 14.9 Å². The summed E-state index contributed by atoms with van der Waals surface area (Å²) in [6.45, 7) is 0.527. The second-order valence-electron chi connectivity index (χ2n) is 4.94. The van der Waals surface area contributed by atoms with Crippen molar-refractivity contribution in [2.45, 2.75) is 44.4 Å². The van der Waals surface area contributed by atoms with E-state index < -0.39 is 12.1 Å². The molecule has 1 saturated carbocycles. The van der Waals surface area contributed by atoms with Gasteiger partial charge in [-0.3, -0.25) is 0 Å². The first-order valence-electron chi connectivity index (χ1n) is 6.23. The Hall–Kier alpha value is -1.04. The van der Waals surface area contributed by atoms with Gasteiger partial charge < -0.3 is 9.88 Å². The number of nitrogens with one attached hydrogen (secondary N) is 1. The van der Waals surface area contributed by atoms with Crippen LogP contribution in [-0.2, 0) is 13.6 Å². The van der Waals surface area contributed by atoms with E-state index >= 15 is 0 Å². The van der Waals surface area contributed by atoms with Gasteiger partial charge in [-0.15, -0.1) is 0 Å². The number of hydrogen-bond acceptors (Lipinski definition) is 2. The number of aromatic nitrogens is 2. The van der Waals surface area contributed by atoms with Crippen LogP contribution in [0.1, 0.15) is 31.5 Å². The molecule has 0 bridgehead atoms. The molecule has 18 heavy (non-hydrogen) atoms. The summed E-state index contributed by atoms with van der Waals surface area (Å²) < 4.78 is 39.8. The second-order valence-corrected chi connectivity index (χ2v) is 4.94. The Morgan fingerprint density at radius 2 is 2.22 bits per heavy atom. The predicted molar refractivity (Wildman–Crippen MR) is 61.8 cm³/mol. The lowest BCUT2D eigenvalue weighted by Gasteiger charge is -2.31. The van der Waals surface area contributed by atoms with E-state index in [4.69, 9.17) is 0 Å². The summed E-state index contributed by atoms with van der Waals surface area (Å²) in [4.78, 5) is 4.15. The fraction of sp³-hybridized carbons (Fsp3) is 0.750. The Morgan fingerprint density at radius 3 is 2.83 bits per heavy atom. The van der Waals surface area contributed by atoms with Crippen molar-refractivity contribution < 1.29 is 13.2 Å². The van der Waals surface area contributed by atoms with E-state index in [9.17, 15) is 13.2 Å². The van der Waals surface area contributed by atoms with Crippen LogP contribution in [0.3, 0.4) is 0 Å². The highest BCUT2D eigenvalue weighted by Gasteiger charge is 2.41. The molecule has 0 spiro atoms. The van der Waals surface area contributed by atoms with Gasteiger partial charge in [-0.2, -0.15) is 13.2 Å². The first kappa shape index (κ1) is 13.4. The summed E-state index contributed by atoms with van der Waals surface area (Å²) in [5.74, 6) is -0.297. The molecule has 3 nitrogen and oxygen atoms in total. The minimum absolute atomic E-state index is 0.0536. The first-order chi connectivity index (χ1) is 8.47. The van der Waals surface area contributed by atoms with E-state index in [2.05, 4.69) is 10.3 Å². The maximum absolute atomic E-state index is 12.6. The SMILES string of the molecule is Cn1ccnc1CNC1CCCC(C(F)(F)F)C1. The maximum Gasteiger partial charge on any atom is 0.391 e. The van der Waals surface area contributed by atoms with Crippen LogP contribution >= 0.6 is 0 Å². The largest absolute Gasteiger partial charge is 0.391 e. The van der Waals surface area contributed by atoms with Gasteiger partial charge in [0.15, 0.2) is 0 Å². The first-order valence-corrected chi connectivity index (χ1v) is 6.23. The van der Waals surface area contributed by atoms with E-state index in [1.807, 2.05) is 17.8 Å². The number of halogens is 3. The molecule has 6 heteroatoms. The molecule has 0 amide bonds. The van der Waals surface area contributed by atoms with Crippen LogP contribution in [0, 0.1) is 5.92 Å². The van der Waals surface area contributed by atoms with E-state index in [-0.39, 0.29) is 18.9 Å². The van der Waals surface area contributed by atoms with E-state index in [1.165, 1.54) is 0 Å². The number of hydrogen-bond donors (Lipinski definition) is 1. The normalized spacial score (nSPS) is 25.3. The zero-order valence-corrected chi connectivity index (χ0v) is 10.4. The van der Waals surface area contributed by atoms with Crippen molar-refractivity contribution in [2.75, 3.05) is 0 Å². The van der Waals surface area contributed by atoms with Crippen LogP contribution in [-0.4, -0.2) is 21.8 Å². The van der Waals surface area contributed by atoms with Gasteiger partial charge in [0.25, 0.3) is 0 Å². The van der Waals surface area contributed by atoms with Crippen LogP contribution in [0.15, 0.2) is 12.4 Å². The molecule has 1 aromatic heterocycles. The molecule has 2 atom stereocenters. The molecule has 1 fully saturated rings. The molecular weight excluding hydrogens is 243 g/mol. The van der Waals surface area contributed by atoms with E-state index in [1.54, 1.807) is 6.20 Å². The molecule has 0 aliphatic heterocycles. The topological polar surface area (TPSA) is 29.9 Å². The molecule has 2 rings (SSSR count). The summed E-state index contributed by atoms with van der Waals surface area (Å²) in [5.41, 5.74) is 0. The van der Waals surface area contributed by atoms with Crippen LogP contribution in [0.25, 0.3) is 0 Å². The Labute approximate surface area is 104 Å². The summed E-state index contributed by atoms with van der Waals surface area (Å²) in [6, 6.07) is -0.0536. The van der Waals surface area contributed by atoms with Crippen LogP contribution in [0.2, 0.25) is 0 Å². The highest BCUT2D eigenvalue weighted by atomic mass is 19.4. The molecule has 1 heterocycles. The van der Waals surface area contributed by atoms with Gasteiger partial charge in [0.05, 0.1) is 12.5 Å². The quantitative estimate of drug-likeness (QED) is 0.906. The molecule has 0 radical (unpaired) electrons.